The third-order valence-corrected chi connectivity index (χ3v) is 6.03. The van der Waals surface area contributed by atoms with E-state index in [1.165, 1.54) is 6.08 Å². The summed E-state index contributed by atoms with van der Waals surface area (Å²) in [6, 6.07) is 15.1. The van der Waals surface area contributed by atoms with Gasteiger partial charge in [-0.3, -0.25) is 4.79 Å². The molecule has 0 unspecified atom stereocenters. The SMILES string of the molecule is COc1cc(/C=C/c2cc(OC)c(OC)c(OC)c2)c(N/C=C\C(=O)c2c[nH]c3ccccc23)cc1OC. The summed E-state index contributed by atoms with van der Waals surface area (Å²) in [5, 5.41) is 4.09. The number of carbonyl (C=O) groups excluding carboxylic acids is 1. The normalized spacial score (nSPS) is 11.2. The number of ketones is 1. The van der Waals surface area contributed by atoms with Gasteiger partial charge < -0.3 is 34.0 Å². The van der Waals surface area contributed by atoms with Crippen LogP contribution in [0.15, 0.2) is 67.0 Å². The van der Waals surface area contributed by atoms with Gasteiger partial charge in [0.1, 0.15) is 0 Å². The number of carbonyl (C=O) groups is 1. The third-order valence-electron chi connectivity index (χ3n) is 6.03. The van der Waals surface area contributed by atoms with Gasteiger partial charge in [0, 0.05) is 52.3 Å². The Morgan fingerprint density at radius 2 is 1.45 bits per heavy atom. The predicted molar refractivity (Wildman–Crippen MR) is 150 cm³/mol. The minimum Gasteiger partial charge on any atom is -0.493 e. The van der Waals surface area contributed by atoms with Crippen molar-refractivity contribution in [2.24, 2.45) is 0 Å². The van der Waals surface area contributed by atoms with Crippen LogP contribution < -0.4 is 29.0 Å². The van der Waals surface area contributed by atoms with Gasteiger partial charge in [-0.15, -0.1) is 0 Å². The number of ether oxygens (including phenoxy) is 5. The van der Waals surface area contributed by atoms with Crippen LogP contribution in [0.25, 0.3) is 23.1 Å². The number of methoxy groups -OCH3 is 5. The van der Waals surface area contributed by atoms with E-state index >= 15 is 0 Å². The lowest BCUT2D eigenvalue weighted by molar-refractivity contribution is 0.104. The fourth-order valence-electron chi connectivity index (χ4n) is 4.11. The van der Waals surface area contributed by atoms with Gasteiger partial charge in [-0.05, 0) is 29.8 Å². The first-order valence-electron chi connectivity index (χ1n) is 11.8. The molecule has 1 heterocycles. The van der Waals surface area contributed by atoms with E-state index in [1.54, 1.807) is 47.9 Å². The Kier molecular flexibility index (Phi) is 8.23. The summed E-state index contributed by atoms with van der Waals surface area (Å²) in [4.78, 5) is 16.0. The van der Waals surface area contributed by atoms with E-state index in [9.17, 15) is 4.79 Å². The molecule has 0 aliphatic heterocycles. The average Bonchev–Trinajstić information content (AvgIpc) is 3.39. The Morgan fingerprint density at radius 1 is 0.789 bits per heavy atom. The number of anilines is 1. The summed E-state index contributed by atoms with van der Waals surface area (Å²) >= 11 is 0. The number of H-pyrrole nitrogens is 1. The number of hydrogen-bond acceptors (Lipinski definition) is 7. The molecule has 2 N–H and O–H groups in total. The number of hydrogen-bond donors (Lipinski definition) is 2. The van der Waals surface area contributed by atoms with E-state index in [2.05, 4.69) is 10.3 Å². The Hall–Kier alpha value is -4.85. The molecule has 0 spiro atoms. The number of rotatable bonds is 11. The van der Waals surface area contributed by atoms with Crippen molar-refractivity contribution < 1.29 is 28.5 Å². The van der Waals surface area contributed by atoms with Crippen LogP contribution in [0.1, 0.15) is 21.5 Å². The van der Waals surface area contributed by atoms with Crippen LogP contribution in [-0.2, 0) is 0 Å². The molecular formula is C30H30N2O6. The molecule has 0 aliphatic carbocycles. The van der Waals surface area contributed by atoms with Crippen molar-refractivity contribution in [3.8, 4) is 28.7 Å². The van der Waals surface area contributed by atoms with Crippen LogP contribution in [0.2, 0.25) is 0 Å². The molecule has 0 bridgehead atoms. The van der Waals surface area contributed by atoms with E-state index in [0.717, 1.165) is 22.0 Å². The minimum atomic E-state index is -0.120. The quantitative estimate of drug-likeness (QED) is 0.140. The fourth-order valence-corrected chi connectivity index (χ4v) is 4.11. The van der Waals surface area contributed by atoms with Gasteiger partial charge in [0.25, 0.3) is 0 Å². The van der Waals surface area contributed by atoms with Gasteiger partial charge in [0.05, 0.1) is 35.5 Å². The standard InChI is InChI=1S/C30H30N2O6/c1-34-26-16-20(11-10-19-14-28(36-3)30(38-5)29(15-19)37-4)24(17-27(26)35-2)31-13-12-25(33)22-18-32-23-9-7-6-8-21(22)23/h6-18,31-32H,1-5H3/b11-10+,13-12-. The monoisotopic (exact) mass is 514 g/mol. The van der Waals surface area contributed by atoms with Gasteiger partial charge in [-0.25, -0.2) is 0 Å². The third kappa shape index (κ3) is 5.44. The van der Waals surface area contributed by atoms with Gasteiger partial charge in [-0.2, -0.15) is 0 Å². The van der Waals surface area contributed by atoms with Crippen molar-refractivity contribution in [1.29, 1.82) is 0 Å². The lowest BCUT2D eigenvalue weighted by Gasteiger charge is -2.14. The van der Waals surface area contributed by atoms with Crippen molar-refractivity contribution >= 4 is 34.5 Å². The van der Waals surface area contributed by atoms with E-state index in [1.807, 2.05) is 60.7 Å². The zero-order valence-corrected chi connectivity index (χ0v) is 22.0. The lowest BCUT2D eigenvalue weighted by atomic mass is 10.1. The highest BCUT2D eigenvalue weighted by Crippen LogP contribution is 2.39. The molecule has 196 valence electrons. The maximum Gasteiger partial charge on any atom is 0.203 e. The maximum atomic E-state index is 12.9. The first-order valence-corrected chi connectivity index (χ1v) is 11.8. The number of fused-ring (bicyclic) bond motifs is 1. The molecule has 0 fully saturated rings. The Morgan fingerprint density at radius 3 is 2.11 bits per heavy atom. The molecule has 3 aromatic carbocycles. The topological polar surface area (TPSA) is 91.0 Å². The van der Waals surface area contributed by atoms with Crippen LogP contribution in [0.5, 0.6) is 28.7 Å². The minimum absolute atomic E-state index is 0.120. The molecular weight excluding hydrogens is 484 g/mol. The van der Waals surface area contributed by atoms with Crippen LogP contribution in [0, 0.1) is 0 Å². The molecule has 0 radical (unpaired) electrons. The van der Waals surface area contributed by atoms with E-state index in [4.69, 9.17) is 23.7 Å². The molecule has 0 saturated carbocycles. The van der Waals surface area contributed by atoms with Crippen LogP contribution in [-0.4, -0.2) is 46.3 Å². The van der Waals surface area contributed by atoms with Gasteiger partial charge in [-0.1, -0.05) is 30.4 Å². The first kappa shape index (κ1) is 26.2. The first-order chi connectivity index (χ1) is 18.5. The number of benzene rings is 3. The summed E-state index contributed by atoms with van der Waals surface area (Å²) in [7, 11) is 7.87. The second-order valence-corrected chi connectivity index (χ2v) is 8.18. The molecule has 8 heteroatoms. The van der Waals surface area contributed by atoms with E-state index in [0.29, 0.717) is 40.0 Å². The summed E-state index contributed by atoms with van der Waals surface area (Å²) in [5.41, 5.74) is 3.88. The van der Waals surface area contributed by atoms with Crippen molar-refractivity contribution in [3.63, 3.8) is 0 Å². The smallest absolute Gasteiger partial charge is 0.203 e. The second kappa shape index (κ2) is 11.9. The predicted octanol–water partition coefficient (Wildman–Crippen LogP) is 6.19. The van der Waals surface area contributed by atoms with Gasteiger partial charge in [0.2, 0.25) is 5.75 Å². The highest BCUT2D eigenvalue weighted by Gasteiger charge is 2.13. The summed E-state index contributed by atoms with van der Waals surface area (Å²) in [6.07, 6.45) is 8.67. The lowest BCUT2D eigenvalue weighted by Crippen LogP contribution is -1.98. The molecule has 38 heavy (non-hydrogen) atoms. The zero-order chi connectivity index (χ0) is 27.1. The number of aromatic nitrogens is 1. The van der Waals surface area contributed by atoms with Crippen LogP contribution in [0.4, 0.5) is 5.69 Å². The molecule has 0 atom stereocenters. The summed E-state index contributed by atoms with van der Waals surface area (Å²) in [5.74, 6) is 2.63. The highest BCUT2D eigenvalue weighted by molar-refractivity contribution is 6.13. The molecule has 0 saturated heterocycles. The van der Waals surface area contributed by atoms with Crippen molar-refractivity contribution in [2.45, 2.75) is 0 Å². The highest BCUT2D eigenvalue weighted by atomic mass is 16.5. The number of allylic oxidation sites excluding steroid dienone is 1. The van der Waals surface area contributed by atoms with Crippen LogP contribution >= 0.6 is 0 Å². The number of para-hydroxylation sites is 1. The van der Waals surface area contributed by atoms with E-state index in [-0.39, 0.29) is 5.78 Å². The number of nitrogens with one attached hydrogen (secondary N) is 2. The molecule has 1 aromatic heterocycles. The maximum absolute atomic E-state index is 12.9. The molecule has 4 rings (SSSR count). The summed E-state index contributed by atoms with van der Waals surface area (Å²) < 4.78 is 27.3. The zero-order valence-electron chi connectivity index (χ0n) is 22.0. The Bertz CT molecular complexity index is 1480. The summed E-state index contributed by atoms with van der Waals surface area (Å²) in [6.45, 7) is 0. The molecule has 0 aliphatic rings. The van der Waals surface area contributed by atoms with Gasteiger partial charge in [0.15, 0.2) is 28.8 Å². The van der Waals surface area contributed by atoms with Crippen LogP contribution in [0.3, 0.4) is 0 Å². The second-order valence-electron chi connectivity index (χ2n) is 8.18. The fraction of sp³-hybridized carbons (Fsp3) is 0.167. The van der Waals surface area contributed by atoms with E-state index < -0.39 is 0 Å². The molecule has 4 aromatic rings. The van der Waals surface area contributed by atoms with Gasteiger partial charge >= 0.3 is 0 Å². The average molecular weight is 515 g/mol. The molecule has 0 amide bonds. The Balaban J connectivity index is 1.64. The van der Waals surface area contributed by atoms with Crippen molar-refractivity contribution in [3.05, 3.63) is 83.7 Å². The van der Waals surface area contributed by atoms with Crippen molar-refractivity contribution in [1.82, 2.24) is 4.98 Å². The van der Waals surface area contributed by atoms with Crippen molar-refractivity contribution in [2.75, 3.05) is 40.9 Å². The Labute approximate surface area is 221 Å². The largest absolute Gasteiger partial charge is 0.493 e. The number of aromatic amines is 1. The molecule has 8 nitrogen and oxygen atoms in total.